The molecule has 0 radical (unpaired) electrons. The van der Waals surface area contributed by atoms with Crippen molar-refractivity contribution in [1.82, 2.24) is 4.57 Å². The van der Waals surface area contributed by atoms with Crippen LogP contribution in [0.4, 0.5) is 5.69 Å². The monoisotopic (exact) mass is 283 g/mol. The Morgan fingerprint density at radius 1 is 1.29 bits per heavy atom. The quantitative estimate of drug-likeness (QED) is 0.480. The highest BCUT2D eigenvalue weighted by molar-refractivity contribution is 5.96. The van der Waals surface area contributed by atoms with E-state index in [1.165, 1.54) is 35.0 Å². The Morgan fingerprint density at radius 3 is 2.52 bits per heavy atom. The third-order valence-corrected chi connectivity index (χ3v) is 2.82. The van der Waals surface area contributed by atoms with Crippen LogP contribution in [0.3, 0.4) is 0 Å². The van der Waals surface area contributed by atoms with Crippen LogP contribution in [-0.4, -0.2) is 15.3 Å². The Balaban J connectivity index is 2.23. The molecule has 0 spiro atoms. The number of nitrogens with zero attached hydrogens (tertiary/aromatic N) is 3. The number of rotatable bonds is 4. The van der Waals surface area contributed by atoms with Crippen molar-refractivity contribution in [2.45, 2.75) is 6.54 Å². The summed E-state index contributed by atoms with van der Waals surface area (Å²) in [5, 5.41) is 19.4. The number of carbonyl (C=O) groups is 1. The van der Waals surface area contributed by atoms with Crippen LogP contribution in [0, 0.1) is 21.4 Å². The van der Waals surface area contributed by atoms with Gasteiger partial charge in [0, 0.05) is 17.8 Å². The van der Waals surface area contributed by atoms with Gasteiger partial charge >= 0.3 is 5.69 Å². The Morgan fingerprint density at radius 2 is 1.95 bits per heavy atom. The van der Waals surface area contributed by atoms with Gasteiger partial charge < -0.3 is 4.57 Å². The molecule has 104 valence electrons. The fourth-order valence-electron chi connectivity index (χ4n) is 1.74. The highest BCUT2D eigenvalue weighted by atomic mass is 16.6. The number of nitriles is 1. The van der Waals surface area contributed by atoms with Crippen molar-refractivity contribution in [3.8, 4) is 6.07 Å². The molecular formula is C14H9N3O4. The normalized spacial score (nSPS) is 9.86. The molecule has 0 N–H and O–H groups in total. The Hall–Kier alpha value is -3.27. The van der Waals surface area contributed by atoms with Crippen LogP contribution in [-0.2, 0) is 6.54 Å². The maximum absolute atomic E-state index is 12.0. The topological polar surface area (TPSA) is 106 Å². The van der Waals surface area contributed by atoms with Crippen molar-refractivity contribution in [2.24, 2.45) is 0 Å². The van der Waals surface area contributed by atoms with E-state index in [-0.39, 0.29) is 12.3 Å². The van der Waals surface area contributed by atoms with E-state index in [1.807, 2.05) is 6.07 Å². The molecule has 21 heavy (non-hydrogen) atoms. The molecule has 1 heterocycles. The van der Waals surface area contributed by atoms with Gasteiger partial charge in [-0.2, -0.15) is 5.26 Å². The number of ketones is 1. The summed E-state index contributed by atoms with van der Waals surface area (Å²) in [6.07, 6.45) is 2.35. The molecule has 0 amide bonds. The molecule has 7 nitrogen and oxygen atoms in total. The molecule has 2 rings (SSSR count). The molecule has 0 unspecified atom stereocenters. The molecule has 0 fully saturated rings. The van der Waals surface area contributed by atoms with Crippen LogP contribution in [0.25, 0.3) is 0 Å². The fraction of sp³-hybridized carbons (Fsp3) is 0.0714. The first-order valence-electron chi connectivity index (χ1n) is 5.89. The predicted octanol–water partition coefficient (Wildman–Crippen LogP) is 1.51. The van der Waals surface area contributed by atoms with E-state index in [9.17, 15) is 19.7 Å². The van der Waals surface area contributed by atoms with Gasteiger partial charge in [0.05, 0.1) is 29.3 Å². The number of nitro groups is 1. The van der Waals surface area contributed by atoms with Gasteiger partial charge in [-0.25, -0.2) is 0 Å². The van der Waals surface area contributed by atoms with E-state index in [1.54, 1.807) is 0 Å². The average Bonchev–Trinajstić information content (AvgIpc) is 2.49. The van der Waals surface area contributed by atoms with Crippen LogP contribution in [0.15, 0.2) is 47.5 Å². The van der Waals surface area contributed by atoms with Crippen molar-refractivity contribution < 1.29 is 9.72 Å². The first kappa shape index (κ1) is 14.1. The molecule has 0 saturated heterocycles. The predicted molar refractivity (Wildman–Crippen MR) is 72.8 cm³/mol. The molecule has 7 heteroatoms. The third-order valence-electron chi connectivity index (χ3n) is 2.82. The van der Waals surface area contributed by atoms with Crippen LogP contribution >= 0.6 is 0 Å². The van der Waals surface area contributed by atoms with Gasteiger partial charge in [-0.15, -0.1) is 0 Å². The van der Waals surface area contributed by atoms with Crippen molar-refractivity contribution >= 4 is 11.5 Å². The minimum absolute atomic E-state index is 0.132. The van der Waals surface area contributed by atoms with E-state index in [2.05, 4.69) is 0 Å². The lowest BCUT2D eigenvalue weighted by Crippen LogP contribution is -2.15. The Bertz CT molecular complexity index is 800. The summed E-state index contributed by atoms with van der Waals surface area (Å²) in [4.78, 5) is 33.2. The van der Waals surface area contributed by atoms with Gasteiger partial charge in [0.1, 0.15) is 0 Å². The second kappa shape index (κ2) is 5.79. The molecule has 0 aliphatic heterocycles. The molecule has 0 bridgehead atoms. The molecule has 0 atom stereocenters. The second-order valence-electron chi connectivity index (χ2n) is 4.24. The van der Waals surface area contributed by atoms with Crippen LogP contribution in [0.1, 0.15) is 15.9 Å². The van der Waals surface area contributed by atoms with Crippen molar-refractivity contribution in [1.29, 1.82) is 5.26 Å². The van der Waals surface area contributed by atoms with E-state index in [0.717, 1.165) is 12.3 Å². The lowest BCUT2D eigenvalue weighted by molar-refractivity contribution is -0.386. The molecular weight excluding hydrogens is 274 g/mol. The number of Topliss-reactive ketones (excluding diaryl/α,β-unsaturated/α-hetero) is 1. The second-order valence-corrected chi connectivity index (χ2v) is 4.24. The zero-order chi connectivity index (χ0) is 15.4. The molecule has 0 saturated carbocycles. The highest BCUT2D eigenvalue weighted by Gasteiger charge is 2.13. The third kappa shape index (κ3) is 3.19. The summed E-state index contributed by atoms with van der Waals surface area (Å²) < 4.78 is 1.28. The minimum atomic E-state index is -0.787. The Labute approximate surface area is 118 Å². The van der Waals surface area contributed by atoms with Crippen LogP contribution < -0.4 is 5.43 Å². The number of aromatic nitrogens is 1. The maximum atomic E-state index is 12.0. The number of hydrogen-bond donors (Lipinski definition) is 0. The van der Waals surface area contributed by atoms with Gasteiger partial charge in [0.25, 0.3) is 5.43 Å². The summed E-state index contributed by atoms with van der Waals surface area (Å²) in [6, 6.07) is 9.04. The summed E-state index contributed by atoms with van der Waals surface area (Å²) in [5.41, 5.74) is -0.465. The SMILES string of the molecule is N#Cc1ccc(C(=O)Cn2ccc(=O)c([N+](=O)[O-])c2)cc1. The van der Waals surface area contributed by atoms with Crippen molar-refractivity contribution in [2.75, 3.05) is 0 Å². The molecule has 0 aliphatic rings. The van der Waals surface area contributed by atoms with Crippen LogP contribution in [0.5, 0.6) is 0 Å². The van der Waals surface area contributed by atoms with Gasteiger partial charge in [-0.05, 0) is 12.1 Å². The fourth-order valence-corrected chi connectivity index (χ4v) is 1.74. The largest absolute Gasteiger partial charge is 0.340 e. The zero-order valence-corrected chi connectivity index (χ0v) is 10.7. The van der Waals surface area contributed by atoms with Gasteiger partial charge in [-0.3, -0.25) is 19.7 Å². The number of benzene rings is 1. The van der Waals surface area contributed by atoms with Gasteiger partial charge in [-0.1, -0.05) is 12.1 Å². The molecule has 2 aromatic rings. The Kier molecular flexibility index (Phi) is 3.90. The van der Waals surface area contributed by atoms with Crippen molar-refractivity contribution in [3.63, 3.8) is 0 Å². The highest BCUT2D eigenvalue weighted by Crippen LogP contribution is 2.07. The van der Waals surface area contributed by atoms with Gasteiger partial charge in [0.2, 0.25) is 0 Å². The average molecular weight is 283 g/mol. The van der Waals surface area contributed by atoms with Crippen molar-refractivity contribution in [3.05, 3.63) is 74.2 Å². The van der Waals surface area contributed by atoms with E-state index in [0.29, 0.717) is 11.1 Å². The first-order valence-corrected chi connectivity index (χ1v) is 5.89. The number of pyridine rings is 1. The number of hydrogen-bond acceptors (Lipinski definition) is 5. The molecule has 0 aliphatic carbocycles. The summed E-state index contributed by atoms with van der Waals surface area (Å²) in [7, 11) is 0. The summed E-state index contributed by atoms with van der Waals surface area (Å²) in [6.45, 7) is -0.132. The van der Waals surface area contributed by atoms with E-state index < -0.39 is 16.0 Å². The smallest absolute Gasteiger partial charge is 0.332 e. The lowest BCUT2D eigenvalue weighted by Gasteiger charge is -2.05. The summed E-state index contributed by atoms with van der Waals surface area (Å²) in [5.74, 6) is -0.280. The van der Waals surface area contributed by atoms with E-state index >= 15 is 0 Å². The molecule has 1 aromatic carbocycles. The summed E-state index contributed by atoms with van der Waals surface area (Å²) >= 11 is 0. The number of carbonyl (C=O) groups excluding carboxylic acids is 1. The van der Waals surface area contributed by atoms with E-state index in [4.69, 9.17) is 5.26 Å². The molecule has 1 aromatic heterocycles. The standard InChI is InChI=1S/C14H9N3O4/c15-7-10-1-3-11(4-2-10)14(19)9-16-6-5-13(18)12(8-16)17(20)21/h1-6,8H,9H2. The zero-order valence-electron chi connectivity index (χ0n) is 10.7. The van der Waals surface area contributed by atoms with Gasteiger partial charge in [0.15, 0.2) is 5.78 Å². The minimum Gasteiger partial charge on any atom is -0.340 e. The maximum Gasteiger partial charge on any atom is 0.332 e. The lowest BCUT2D eigenvalue weighted by atomic mass is 10.1. The first-order chi connectivity index (χ1) is 10.0. The van der Waals surface area contributed by atoms with Crippen LogP contribution in [0.2, 0.25) is 0 Å².